The Balaban J connectivity index is 1.04. The Kier molecular flexibility index (Phi) is 5.12. The monoisotopic (exact) mass is 515 g/mol. The molecule has 8 rings (SSSR count). The first kappa shape index (κ1) is 22.3. The van der Waals surface area contributed by atoms with Gasteiger partial charge in [-0.25, -0.2) is 0 Å². The topological polar surface area (TPSA) is 97.1 Å². The van der Waals surface area contributed by atoms with E-state index < -0.39 is 0 Å². The van der Waals surface area contributed by atoms with E-state index in [9.17, 15) is 0 Å². The number of nitrogens with zero attached hydrogens (tertiary/aromatic N) is 4. The summed E-state index contributed by atoms with van der Waals surface area (Å²) in [5.41, 5.74) is 5.52. The van der Waals surface area contributed by atoms with Crippen LogP contribution in [0.4, 0.5) is 0 Å². The molecule has 4 aromatic heterocycles. The fourth-order valence-electron chi connectivity index (χ4n) is 5.73. The SMILES string of the molecule is c1ccc2oc(CN3CCC[C@@H](c4nnc(-c5ccc6[nH]nc(-c7ccc8occc8c7)c6c5)o4)C3)cc2c1. The summed E-state index contributed by atoms with van der Waals surface area (Å²) < 4.78 is 17.8. The third-order valence-electron chi connectivity index (χ3n) is 7.69. The number of fused-ring (bicyclic) bond motifs is 3. The second-order valence-corrected chi connectivity index (χ2v) is 10.3. The minimum atomic E-state index is 0.194. The van der Waals surface area contributed by atoms with Gasteiger partial charge in [0.15, 0.2) is 0 Å². The molecule has 0 amide bonds. The van der Waals surface area contributed by atoms with E-state index in [0.717, 1.165) is 87.9 Å². The molecule has 3 aromatic carbocycles. The van der Waals surface area contributed by atoms with Crippen LogP contribution in [0.25, 0.3) is 55.6 Å². The summed E-state index contributed by atoms with van der Waals surface area (Å²) in [6, 6.07) is 24.4. The molecule has 192 valence electrons. The molecule has 39 heavy (non-hydrogen) atoms. The highest BCUT2D eigenvalue weighted by Crippen LogP contribution is 2.34. The Hall–Kier alpha value is -4.69. The van der Waals surface area contributed by atoms with Crippen LogP contribution in [-0.2, 0) is 6.54 Å². The van der Waals surface area contributed by atoms with E-state index >= 15 is 0 Å². The maximum Gasteiger partial charge on any atom is 0.247 e. The molecule has 0 aliphatic carbocycles. The molecule has 8 nitrogen and oxygen atoms in total. The number of rotatable bonds is 5. The fourth-order valence-corrected chi connectivity index (χ4v) is 5.73. The van der Waals surface area contributed by atoms with E-state index in [1.54, 1.807) is 6.26 Å². The van der Waals surface area contributed by atoms with E-state index in [1.807, 2.05) is 48.5 Å². The van der Waals surface area contributed by atoms with Crippen LogP contribution in [0.15, 0.2) is 92.3 Å². The van der Waals surface area contributed by atoms with Crippen LogP contribution in [0.5, 0.6) is 0 Å². The van der Waals surface area contributed by atoms with Crippen LogP contribution < -0.4 is 0 Å². The normalized spacial score (nSPS) is 16.6. The average molecular weight is 516 g/mol. The zero-order chi connectivity index (χ0) is 25.8. The largest absolute Gasteiger partial charge is 0.464 e. The van der Waals surface area contributed by atoms with Gasteiger partial charge >= 0.3 is 0 Å². The summed E-state index contributed by atoms with van der Waals surface area (Å²) in [5.74, 6) is 2.40. The van der Waals surface area contributed by atoms with Crippen molar-refractivity contribution in [2.45, 2.75) is 25.3 Å². The second-order valence-electron chi connectivity index (χ2n) is 10.3. The minimum absolute atomic E-state index is 0.194. The van der Waals surface area contributed by atoms with Gasteiger partial charge in [0.1, 0.15) is 16.9 Å². The number of likely N-dealkylation sites (tertiary alicyclic amines) is 1. The van der Waals surface area contributed by atoms with E-state index in [4.69, 9.17) is 13.3 Å². The number of hydrogen-bond donors (Lipinski definition) is 1. The van der Waals surface area contributed by atoms with Crippen molar-refractivity contribution in [3.63, 3.8) is 0 Å². The number of furan rings is 2. The predicted octanol–water partition coefficient (Wildman–Crippen LogP) is 7.15. The smallest absolute Gasteiger partial charge is 0.247 e. The summed E-state index contributed by atoms with van der Waals surface area (Å²) in [5, 5.41) is 19.8. The fraction of sp³-hybridized carbons (Fsp3) is 0.194. The molecule has 1 atom stereocenters. The Morgan fingerprint density at radius 3 is 2.77 bits per heavy atom. The summed E-state index contributed by atoms with van der Waals surface area (Å²) >= 11 is 0. The van der Waals surface area contributed by atoms with E-state index in [1.165, 1.54) is 0 Å². The van der Waals surface area contributed by atoms with Gasteiger partial charge in [-0.15, -0.1) is 10.2 Å². The second kappa shape index (κ2) is 8.96. The minimum Gasteiger partial charge on any atom is -0.464 e. The maximum absolute atomic E-state index is 6.26. The predicted molar refractivity (Wildman–Crippen MR) is 148 cm³/mol. The van der Waals surface area contributed by atoms with E-state index in [-0.39, 0.29) is 5.92 Å². The van der Waals surface area contributed by atoms with E-state index in [2.05, 4.69) is 49.6 Å². The Morgan fingerprint density at radius 1 is 0.872 bits per heavy atom. The molecule has 0 unspecified atom stereocenters. The standard InChI is InChI=1S/C31H25N5O3/c1-2-6-28-19(4-1)15-24(38-28)18-36-12-3-5-23(17-36)31-35-34-30(39-31)22-7-9-26-25(16-22)29(33-32-26)21-8-10-27-20(14-21)11-13-37-27/h1-2,4,6-11,13-16,23H,3,5,12,17-18H2,(H,32,33)/t23-/m1/s1. The molecule has 1 aliphatic heterocycles. The van der Waals surface area contributed by atoms with Crippen molar-refractivity contribution in [2.75, 3.05) is 13.1 Å². The molecule has 1 fully saturated rings. The highest BCUT2D eigenvalue weighted by Gasteiger charge is 2.27. The lowest BCUT2D eigenvalue weighted by Crippen LogP contribution is -2.33. The Labute approximate surface area is 223 Å². The molecule has 0 saturated carbocycles. The lowest BCUT2D eigenvalue weighted by atomic mass is 9.98. The third kappa shape index (κ3) is 4.00. The number of nitrogens with one attached hydrogen (secondary N) is 1. The Bertz CT molecular complexity index is 1910. The van der Waals surface area contributed by atoms with Crippen LogP contribution in [0, 0.1) is 0 Å². The Morgan fingerprint density at radius 2 is 1.79 bits per heavy atom. The zero-order valence-corrected chi connectivity index (χ0v) is 21.1. The van der Waals surface area contributed by atoms with Crippen molar-refractivity contribution >= 4 is 32.8 Å². The third-order valence-corrected chi connectivity index (χ3v) is 7.69. The van der Waals surface area contributed by atoms with E-state index in [0.29, 0.717) is 11.8 Å². The molecule has 1 aliphatic rings. The number of hydrogen-bond acceptors (Lipinski definition) is 7. The molecule has 0 bridgehead atoms. The van der Waals surface area contributed by atoms with Crippen molar-refractivity contribution < 1.29 is 13.3 Å². The number of aromatic nitrogens is 4. The summed E-state index contributed by atoms with van der Waals surface area (Å²) in [6.45, 7) is 2.66. The molecular formula is C31H25N5O3. The van der Waals surface area contributed by atoms with Crippen LogP contribution in [0.1, 0.15) is 30.4 Å². The van der Waals surface area contributed by atoms with Crippen molar-refractivity contribution in [1.29, 1.82) is 0 Å². The van der Waals surface area contributed by atoms with Crippen LogP contribution in [-0.4, -0.2) is 38.4 Å². The zero-order valence-electron chi connectivity index (χ0n) is 21.1. The van der Waals surface area contributed by atoms with Gasteiger partial charge < -0.3 is 13.3 Å². The van der Waals surface area contributed by atoms with Gasteiger partial charge in [-0.1, -0.05) is 18.2 Å². The lowest BCUT2D eigenvalue weighted by Gasteiger charge is -2.30. The van der Waals surface area contributed by atoms with Gasteiger partial charge in [-0.3, -0.25) is 10.00 Å². The molecule has 1 N–H and O–H groups in total. The first-order chi connectivity index (χ1) is 19.3. The number of piperidine rings is 1. The molecule has 0 spiro atoms. The van der Waals surface area contributed by atoms with Gasteiger partial charge in [0.2, 0.25) is 11.8 Å². The summed E-state index contributed by atoms with van der Waals surface area (Å²) in [7, 11) is 0. The number of benzene rings is 3. The molecule has 5 heterocycles. The molecule has 8 heteroatoms. The van der Waals surface area contributed by atoms with Crippen LogP contribution in [0.3, 0.4) is 0 Å². The molecule has 0 radical (unpaired) electrons. The molecule has 1 saturated heterocycles. The van der Waals surface area contributed by atoms with Crippen LogP contribution in [0.2, 0.25) is 0 Å². The van der Waals surface area contributed by atoms with Gasteiger partial charge in [0.25, 0.3) is 0 Å². The number of aromatic amines is 1. The number of H-pyrrole nitrogens is 1. The van der Waals surface area contributed by atoms with Crippen molar-refractivity contribution in [3.8, 4) is 22.7 Å². The summed E-state index contributed by atoms with van der Waals surface area (Å²) in [4.78, 5) is 2.41. The van der Waals surface area contributed by atoms with Crippen molar-refractivity contribution in [3.05, 3.63) is 90.7 Å². The first-order valence-corrected chi connectivity index (χ1v) is 13.3. The highest BCUT2D eigenvalue weighted by atomic mass is 16.4. The van der Waals surface area contributed by atoms with Gasteiger partial charge in [-0.05, 0) is 74.0 Å². The maximum atomic E-state index is 6.26. The first-order valence-electron chi connectivity index (χ1n) is 13.3. The lowest BCUT2D eigenvalue weighted by molar-refractivity contribution is 0.176. The van der Waals surface area contributed by atoms with Crippen LogP contribution >= 0.6 is 0 Å². The highest BCUT2D eigenvalue weighted by molar-refractivity contribution is 5.97. The van der Waals surface area contributed by atoms with Gasteiger partial charge in [-0.2, -0.15) is 5.10 Å². The average Bonchev–Trinajstić information content (AvgIpc) is 3.77. The summed E-state index contributed by atoms with van der Waals surface area (Å²) in [6.07, 6.45) is 3.81. The number of para-hydroxylation sites is 1. The van der Waals surface area contributed by atoms with Crippen molar-refractivity contribution in [2.24, 2.45) is 0 Å². The molecule has 7 aromatic rings. The quantitative estimate of drug-likeness (QED) is 0.260. The molecular weight excluding hydrogens is 490 g/mol. The van der Waals surface area contributed by atoms with Gasteiger partial charge in [0.05, 0.1) is 29.9 Å². The van der Waals surface area contributed by atoms with Gasteiger partial charge in [0, 0.05) is 33.8 Å². The van der Waals surface area contributed by atoms with Crippen molar-refractivity contribution in [1.82, 2.24) is 25.3 Å².